The Hall–Kier alpha value is -1.49. The first-order valence-corrected chi connectivity index (χ1v) is 7.25. The summed E-state index contributed by atoms with van der Waals surface area (Å²) in [5.41, 5.74) is 1.16. The molecule has 4 nitrogen and oxygen atoms in total. The van der Waals surface area contributed by atoms with Crippen molar-refractivity contribution in [1.29, 1.82) is 0 Å². The molecule has 0 heterocycles. The summed E-state index contributed by atoms with van der Waals surface area (Å²) in [4.78, 5) is 23.5. The van der Waals surface area contributed by atoms with Gasteiger partial charge in [-0.15, -0.1) is 11.8 Å². The third-order valence-electron chi connectivity index (χ3n) is 3.30. The van der Waals surface area contributed by atoms with E-state index in [1.54, 1.807) is 0 Å². The Balaban J connectivity index is 1.72. The molecular formula is C14H17NO3S. The number of hydrogen-bond acceptors (Lipinski definition) is 3. The molecule has 1 fully saturated rings. The number of carbonyl (C=O) groups is 2. The number of aryl methyl sites for hydroxylation is 1. The third kappa shape index (κ3) is 3.73. The van der Waals surface area contributed by atoms with Crippen LogP contribution in [-0.4, -0.2) is 28.8 Å². The van der Waals surface area contributed by atoms with Gasteiger partial charge >= 0.3 is 5.97 Å². The van der Waals surface area contributed by atoms with E-state index in [9.17, 15) is 9.59 Å². The zero-order valence-corrected chi connectivity index (χ0v) is 11.6. The molecule has 1 aliphatic rings. The predicted molar refractivity (Wildman–Crippen MR) is 74.2 cm³/mol. The second-order valence-electron chi connectivity index (χ2n) is 4.83. The molecule has 2 rings (SSSR count). The van der Waals surface area contributed by atoms with E-state index >= 15 is 0 Å². The molecule has 0 atom stereocenters. The van der Waals surface area contributed by atoms with Gasteiger partial charge in [-0.25, -0.2) is 0 Å². The molecule has 1 saturated carbocycles. The fraction of sp³-hybridized carbons (Fsp3) is 0.429. The smallest absolute Gasteiger partial charge is 0.306 e. The molecule has 5 heteroatoms. The van der Waals surface area contributed by atoms with Crippen LogP contribution >= 0.6 is 11.8 Å². The van der Waals surface area contributed by atoms with Crippen LogP contribution in [0.25, 0.3) is 0 Å². The zero-order valence-electron chi connectivity index (χ0n) is 10.8. The molecule has 1 aliphatic carbocycles. The predicted octanol–water partition coefficient (Wildman–Crippen LogP) is 2.07. The summed E-state index contributed by atoms with van der Waals surface area (Å²) in [6.07, 6.45) is 1.10. The van der Waals surface area contributed by atoms with Crippen molar-refractivity contribution in [1.82, 2.24) is 5.32 Å². The number of benzene rings is 1. The van der Waals surface area contributed by atoms with Crippen molar-refractivity contribution in [2.45, 2.75) is 30.7 Å². The molecule has 1 amide bonds. The lowest BCUT2D eigenvalue weighted by Gasteiger charge is -2.32. The summed E-state index contributed by atoms with van der Waals surface area (Å²) in [6, 6.07) is 7.98. The van der Waals surface area contributed by atoms with Gasteiger partial charge in [0.2, 0.25) is 5.91 Å². The van der Waals surface area contributed by atoms with Crippen LogP contribution in [0, 0.1) is 12.8 Å². The maximum absolute atomic E-state index is 11.7. The zero-order chi connectivity index (χ0) is 13.8. The van der Waals surface area contributed by atoms with Crippen LogP contribution in [0.15, 0.2) is 29.2 Å². The Morgan fingerprint density at radius 2 is 2.05 bits per heavy atom. The van der Waals surface area contributed by atoms with Gasteiger partial charge in [0, 0.05) is 10.9 Å². The van der Waals surface area contributed by atoms with E-state index in [1.165, 1.54) is 11.8 Å². The number of rotatable bonds is 5. The van der Waals surface area contributed by atoms with Crippen molar-refractivity contribution < 1.29 is 14.7 Å². The monoisotopic (exact) mass is 279 g/mol. The number of carboxylic acids is 1. The fourth-order valence-corrected chi connectivity index (χ4v) is 2.91. The minimum absolute atomic E-state index is 0.0258. The molecule has 102 valence electrons. The van der Waals surface area contributed by atoms with E-state index in [1.807, 2.05) is 31.2 Å². The van der Waals surface area contributed by atoms with Crippen LogP contribution in [0.4, 0.5) is 0 Å². The number of carboxylic acid groups (broad SMARTS) is 1. The number of hydrogen-bond donors (Lipinski definition) is 2. The molecule has 1 aromatic carbocycles. The van der Waals surface area contributed by atoms with Crippen LogP contribution in [0.1, 0.15) is 18.4 Å². The average molecular weight is 279 g/mol. The summed E-state index contributed by atoms with van der Waals surface area (Å²) in [7, 11) is 0. The summed E-state index contributed by atoms with van der Waals surface area (Å²) >= 11 is 1.51. The molecule has 2 N–H and O–H groups in total. The normalized spacial score (nSPS) is 21.5. The van der Waals surface area contributed by atoms with Gasteiger partial charge in [0.15, 0.2) is 0 Å². The standard InChI is InChI=1S/C14H17NO3S/c1-9-4-2-3-5-12(9)19-8-13(16)15-11-6-10(7-11)14(17)18/h2-5,10-11H,6-8H2,1H3,(H,15,16)(H,17,18). The van der Waals surface area contributed by atoms with Gasteiger partial charge in [-0.3, -0.25) is 9.59 Å². The Labute approximate surface area is 116 Å². The van der Waals surface area contributed by atoms with Gasteiger partial charge in [-0.1, -0.05) is 18.2 Å². The van der Waals surface area contributed by atoms with Gasteiger partial charge in [0.25, 0.3) is 0 Å². The molecule has 1 aromatic rings. The van der Waals surface area contributed by atoms with E-state index in [0.29, 0.717) is 18.6 Å². The molecule has 19 heavy (non-hydrogen) atoms. The molecule has 0 bridgehead atoms. The van der Waals surface area contributed by atoms with E-state index in [4.69, 9.17) is 5.11 Å². The molecular weight excluding hydrogens is 262 g/mol. The molecule has 0 radical (unpaired) electrons. The lowest BCUT2D eigenvalue weighted by Crippen LogP contribution is -2.47. The van der Waals surface area contributed by atoms with Crippen molar-refractivity contribution in [2.24, 2.45) is 5.92 Å². The van der Waals surface area contributed by atoms with Crippen LogP contribution in [0.2, 0.25) is 0 Å². The molecule has 0 aromatic heterocycles. The maximum Gasteiger partial charge on any atom is 0.306 e. The minimum Gasteiger partial charge on any atom is -0.481 e. The van der Waals surface area contributed by atoms with Gasteiger partial charge < -0.3 is 10.4 Å². The van der Waals surface area contributed by atoms with Crippen LogP contribution in [0.5, 0.6) is 0 Å². The minimum atomic E-state index is -0.764. The Bertz CT molecular complexity index is 483. The SMILES string of the molecule is Cc1ccccc1SCC(=O)NC1CC(C(=O)O)C1. The highest BCUT2D eigenvalue weighted by Crippen LogP contribution is 2.28. The number of aliphatic carboxylic acids is 1. The largest absolute Gasteiger partial charge is 0.481 e. The summed E-state index contributed by atoms with van der Waals surface area (Å²) in [6.45, 7) is 2.02. The van der Waals surface area contributed by atoms with E-state index in [-0.39, 0.29) is 17.9 Å². The second kappa shape index (κ2) is 6.10. The van der Waals surface area contributed by atoms with Crippen molar-refractivity contribution in [2.75, 3.05) is 5.75 Å². The summed E-state index contributed by atoms with van der Waals surface area (Å²) in [5.74, 6) is -0.699. The fourth-order valence-electron chi connectivity index (χ4n) is 2.07. The highest BCUT2D eigenvalue weighted by Gasteiger charge is 2.35. The number of amides is 1. The van der Waals surface area contributed by atoms with Crippen LogP contribution in [-0.2, 0) is 9.59 Å². The molecule has 0 aliphatic heterocycles. The van der Waals surface area contributed by atoms with Gasteiger partial charge in [0.05, 0.1) is 11.7 Å². The second-order valence-corrected chi connectivity index (χ2v) is 5.84. The van der Waals surface area contributed by atoms with E-state index < -0.39 is 5.97 Å². The highest BCUT2D eigenvalue weighted by atomic mass is 32.2. The highest BCUT2D eigenvalue weighted by molar-refractivity contribution is 8.00. The summed E-state index contributed by atoms with van der Waals surface area (Å²) in [5, 5.41) is 11.6. The van der Waals surface area contributed by atoms with Gasteiger partial charge in [-0.2, -0.15) is 0 Å². The van der Waals surface area contributed by atoms with Crippen molar-refractivity contribution in [3.8, 4) is 0 Å². The number of nitrogens with one attached hydrogen (secondary N) is 1. The van der Waals surface area contributed by atoms with E-state index in [0.717, 1.165) is 10.5 Å². The summed E-state index contributed by atoms with van der Waals surface area (Å²) < 4.78 is 0. The van der Waals surface area contributed by atoms with Crippen molar-refractivity contribution in [3.05, 3.63) is 29.8 Å². The van der Waals surface area contributed by atoms with Crippen LogP contribution < -0.4 is 5.32 Å². The average Bonchev–Trinajstić information content (AvgIpc) is 2.31. The third-order valence-corrected chi connectivity index (χ3v) is 4.48. The number of thioether (sulfide) groups is 1. The van der Waals surface area contributed by atoms with E-state index in [2.05, 4.69) is 5.32 Å². The first-order chi connectivity index (χ1) is 9.06. The Morgan fingerprint density at radius 3 is 2.68 bits per heavy atom. The van der Waals surface area contributed by atoms with Crippen molar-refractivity contribution in [3.63, 3.8) is 0 Å². The molecule has 0 unspecified atom stereocenters. The first kappa shape index (κ1) is 13.9. The lowest BCUT2D eigenvalue weighted by molar-refractivity contribution is -0.146. The Kier molecular flexibility index (Phi) is 4.47. The lowest BCUT2D eigenvalue weighted by atomic mass is 9.80. The molecule has 0 spiro atoms. The van der Waals surface area contributed by atoms with Gasteiger partial charge in [-0.05, 0) is 31.4 Å². The maximum atomic E-state index is 11.7. The number of carbonyl (C=O) groups excluding carboxylic acids is 1. The van der Waals surface area contributed by atoms with Crippen LogP contribution in [0.3, 0.4) is 0 Å². The quantitative estimate of drug-likeness (QED) is 0.810. The van der Waals surface area contributed by atoms with Crippen molar-refractivity contribution >= 4 is 23.6 Å². The van der Waals surface area contributed by atoms with Gasteiger partial charge in [0.1, 0.15) is 0 Å². The topological polar surface area (TPSA) is 66.4 Å². The first-order valence-electron chi connectivity index (χ1n) is 6.27. The Morgan fingerprint density at radius 1 is 1.37 bits per heavy atom. The molecule has 0 saturated heterocycles.